The fourth-order valence-corrected chi connectivity index (χ4v) is 3.18. The van der Waals surface area contributed by atoms with Crippen molar-refractivity contribution in [1.82, 2.24) is 0 Å². The van der Waals surface area contributed by atoms with Gasteiger partial charge in [-0.05, 0) is 48.5 Å². The van der Waals surface area contributed by atoms with E-state index in [1.165, 1.54) is 0 Å². The van der Waals surface area contributed by atoms with Gasteiger partial charge in [0.2, 0.25) is 0 Å². The van der Waals surface area contributed by atoms with Gasteiger partial charge < -0.3 is 18.1 Å². The molecule has 0 heterocycles. The Kier molecular flexibility index (Phi) is 5.43. The Bertz CT molecular complexity index is 176. The molecule has 92 valence electrons. The molecule has 0 atom stereocenters. The number of hydrogen-bond donors (Lipinski definition) is 1. The lowest BCUT2D eigenvalue weighted by atomic mass is 10.2. The topological polar surface area (TPSA) is 47.9 Å². The second kappa shape index (κ2) is 5.40. The van der Waals surface area contributed by atoms with Crippen LogP contribution in [-0.4, -0.2) is 31.7 Å². The molecule has 0 saturated heterocycles. The predicted molar refractivity (Wildman–Crippen MR) is 61.3 cm³/mol. The number of hydrogen-bond acceptors (Lipinski definition) is 4. The Hall–Kier alpha value is 0.0569. The van der Waals surface area contributed by atoms with Crippen LogP contribution in [0, 0.1) is 0 Å². The molecule has 0 unspecified atom stereocenters. The van der Waals surface area contributed by atoms with Gasteiger partial charge in [-0.3, -0.25) is 0 Å². The van der Waals surface area contributed by atoms with Crippen LogP contribution in [0.3, 0.4) is 0 Å². The smallest absolute Gasteiger partial charge is 0.367 e. The maximum atomic E-state index is 10.2. The van der Waals surface area contributed by atoms with Gasteiger partial charge in [-0.25, -0.2) is 0 Å². The van der Waals surface area contributed by atoms with Crippen LogP contribution in [0.5, 0.6) is 0 Å². The summed E-state index contributed by atoms with van der Waals surface area (Å²) in [6.45, 7) is 12.9. The SMILES string of the molecule is CC(C)O[Si](O)(OC(C)C)OC(C)(C)C. The van der Waals surface area contributed by atoms with E-state index < -0.39 is 14.6 Å². The molecule has 0 radical (unpaired) electrons. The Labute approximate surface area is 94.0 Å². The molecule has 0 aliphatic heterocycles. The first-order valence-corrected chi connectivity index (χ1v) is 6.99. The Balaban J connectivity index is 4.54. The Morgan fingerprint density at radius 1 is 0.933 bits per heavy atom. The lowest BCUT2D eigenvalue weighted by Gasteiger charge is -2.32. The van der Waals surface area contributed by atoms with Crippen molar-refractivity contribution >= 4 is 9.05 Å². The molecule has 1 N–H and O–H groups in total. The van der Waals surface area contributed by atoms with E-state index in [9.17, 15) is 4.80 Å². The van der Waals surface area contributed by atoms with Gasteiger partial charge in [-0.2, -0.15) is 0 Å². The van der Waals surface area contributed by atoms with E-state index in [1.54, 1.807) is 0 Å². The lowest BCUT2D eigenvalue weighted by molar-refractivity contribution is -0.0797. The summed E-state index contributed by atoms with van der Waals surface area (Å²) < 4.78 is 16.2. The standard InChI is InChI=1S/C10H24O4Si/c1-8(2)12-15(11,13-9(3)4)14-10(5,6)7/h8-9,11H,1-7H3. The molecule has 15 heavy (non-hydrogen) atoms. The van der Waals surface area contributed by atoms with Crippen LogP contribution in [0.1, 0.15) is 48.5 Å². The monoisotopic (exact) mass is 236 g/mol. The molecule has 0 rings (SSSR count). The zero-order valence-corrected chi connectivity index (χ0v) is 11.8. The molecule has 0 aliphatic carbocycles. The summed E-state index contributed by atoms with van der Waals surface area (Å²) in [5, 5.41) is 0. The van der Waals surface area contributed by atoms with Crippen molar-refractivity contribution in [3.05, 3.63) is 0 Å². The maximum Gasteiger partial charge on any atom is 0.677 e. The van der Waals surface area contributed by atoms with Gasteiger partial charge in [-0.15, -0.1) is 0 Å². The van der Waals surface area contributed by atoms with Crippen molar-refractivity contribution in [1.29, 1.82) is 0 Å². The van der Waals surface area contributed by atoms with Crippen LogP contribution in [-0.2, 0) is 13.3 Å². The zero-order chi connectivity index (χ0) is 12.3. The van der Waals surface area contributed by atoms with Crippen LogP contribution < -0.4 is 0 Å². The molecule has 0 bridgehead atoms. The summed E-state index contributed by atoms with van der Waals surface area (Å²) in [6, 6.07) is 0. The van der Waals surface area contributed by atoms with Crippen LogP contribution in [0.2, 0.25) is 0 Å². The maximum absolute atomic E-state index is 10.2. The van der Waals surface area contributed by atoms with Gasteiger partial charge in [0.15, 0.2) is 0 Å². The highest BCUT2D eigenvalue weighted by molar-refractivity contribution is 6.52. The summed E-state index contributed by atoms with van der Waals surface area (Å²) in [5.41, 5.74) is -0.481. The molecule has 0 spiro atoms. The first kappa shape index (κ1) is 15.1. The number of rotatable bonds is 5. The van der Waals surface area contributed by atoms with Crippen molar-refractivity contribution in [2.75, 3.05) is 0 Å². The molecular weight excluding hydrogens is 212 g/mol. The molecule has 0 fully saturated rings. The van der Waals surface area contributed by atoms with E-state index in [0.717, 1.165) is 0 Å². The fourth-order valence-electron chi connectivity index (χ4n) is 1.06. The summed E-state index contributed by atoms with van der Waals surface area (Å²) >= 11 is 0. The first-order chi connectivity index (χ1) is 6.54. The van der Waals surface area contributed by atoms with Gasteiger partial charge >= 0.3 is 9.05 Å². The minimum Gasteiger partial charge on any atom is -0.367 e. The van der Waals surface area contributed by atoms with Crippen LogP contribution in [0.4, 0.5) is 0 Å². The average Bonchev–Trinajstić information content (AvgIpc) is 1.73. The third kappa shape index (κ3) is 7.93. The quantitative estimate of drug-likeness (QED) is 0.742. The zero-order valence-electron chi connectivity index (χ0n) is 10.8. The summed E-state index contributed by atoms with van der Waals surface area (Å²) in [5.74, 6) is 0. The fraction of sp³-hybridized carbons (Fsp3) is 1.00. The first-order valence-electron chi connectivity index (χ1n) is 5.32. The molecule has 0 aromatic heterocycles. The van der Waals surface area contributed by atoms with Crippen LogP contribution in [0.25, 0.3) is 0 Å². The highest BCUT2D eigenvalue weighted by Crippen LogP contribution is 2.19. The molecule has 4 nitrogen and oxygen atoms in total. The third-order valence-electron chi connectivity index (χ3n) is 1.20. The lowest BCUT2D eigenvalue weighted by Crippen LogP contribution is -2.53. The predicted octanol–water partition coefficient (Wildman–Crippen LogP) is 2.08. The van der Waals surface area contributed by atoms with Gasteiger partial charge in [0.1, 0.15) is 0 Å². The Morgan fingerprint density at radius 3 is 1.47 bits per heavy atom. The second-order valence-electron chi connectivity index (χ2n) is 5.07. The normalized spacial score (nSPS) is 14.0. The molecule has 0 aromatic carbocycles. The van der Waals surface area contributed by atoms with Gasteiger partial charge in [0.05, 0.1) is 5.60 Å². The van der Waals surface area contributed by atoms with Gasteiger partial charge in [0, 0.05) is 12.2 Å². The van der Waals surface area contributed by atoms with E-state index in [0.29, 0.717) is 0 Å². The van der Waals surface area contributed by atoms with Gasteiger partial charge in [0.25, 0.3) is 0 Å². The van der Waals surface area contributed by atoms with E-state index in [-0.39, 0.29) is 12.2 Å². The molecule has 0 amide bonds. The molecular formula is C10H24O4Si. The van der Waals surface area contributed by atoms with Crippen molar-refractivity contribution < 1.29 is 18.1 Å². The van der Waals surface area contributed by atoms with Gasteiger partial charge in [-0.1, -0.05) is 0 Å². The molecule has 0 saturated carbocycles. The minimum atomic E-state index is -3.51. The Morgan fingerprint density at radius 2 is 1.27 bits per heavy atom. The van der Waals surface area contributed by atoms with Crippen LogP contribution in [0.15, 0.2) is 0 Å². The summed E-state index contributed by atoms with van der Waals surface area (Å²) in [7, 11) is -3.51. The van der Waals surface area contributed by atoms with E-state index in [4.69, 9.17) is 13.3 Å². The van der Waals surface area contributed by atoms with Crippen molar-refractivity contribution in [2.45, 2.75) is 66.3 Å². The highest BCUT2D eigenvalue weighted by Gasteiger charge is 2.46. The summed E-state index contributed by atoms with van der Waals surface area (Å²) in [6.07, 6.45) is -0.245. The molecule has 0 aliphatic rings. The average molecular weight is 236 g/mol. The second-order valence-corrected chi connectivity index (χ2v) is 6.79. The largest absolute Gasteiger partial charge is 0.677 e. The van der Waals surface area contributed by atoms with E-state index in [1.807, 2.05) is 48.5 Å². The van der Waals surface area contributed by atoms with Crippen LogP contribution >= 0.6 is 0 Å². The van der Waals surface area contributed by atoms with Crippen molar-refractivity contribution in [3.8, 4) is 0 Å². The molecule has 0 aromatic rings. The van der Waals surface area contributed by atoms with Crippen molar-refractivity contribution in [3.63, 3.8) is 0 Å². The summed E-state index contributed by atoms with van der Waals surface area (Å²) in [4.78, 5) is 10.2. The van der Waals surface area contributed by atoms with E-state index in [2.05, 4.69) is 0 Å². The molecule has 5 heteroatoms. The highest BCUT2D eigenvalue weighted by atomic mass is 28.4. The minimum absolute atomic E-state index is 0.122. The van der Waals surface area contributed by atoms with E-state index >= 15 is 0 Å². The van der Waals surface area contributed by atoms with Crippen molar-refractivity contribution in [2.24, 2.45) is 0 Å². The third-order valence-corrected chi connectivity index (χ3v) is 3.61.